The highest BCUT2D eigenvalue weighted by molar-refractivity contribution is 7.89. The molecule has 1 amide bonds. The van der Waals surface area contributed by atoms with Crippen LogP contribution in [0.5, 0.6) is 0 Å². The smallest absolute Gasteiger partial charge is 0.253 e. The summed E-state index contributed by atoms with van der Waals surface area (Å²) in [5.74, 6) is 0.0610. The Morgan fingerprint density at radius 1 is 0.840 bits per heavy atom. The Labute approximate surface area is 148 Å². The molecule has 1 saturated heterocycles. The lowest BCUT2D eigenvalue weighted by Gasteiger charge is -2.34. The number of nitrogens with zero attached hydrogens (tertiary/aromatic N) is 2. The van der Waals surface area contributed by atoms with E-state index in [-0.39, 0.29) is 11.7 Å². The number of benzene rings is 2. The minimum absolute atomic E-state index is 0.0399. The zero-order valence-electron chi connectivity index (χ0n) is 14.0. The first-order valence-corrected chi connectivity index (χ1v) is 10.0. The van der Waals surface area contributed by atoms with E-state index in [1.54, 1.807) is 17.0 Å². The number of piperazine rings is 1. The molecule has 1 aliphatic rings. The van der Waals surface area contributed by atoms with Crippen molar-refractivity contribution >= 4 is 15.9 Å². The van der Waals surface area contributed by atoms with E-state index in [1.165, 1.54) is 4.31 Å². The van der Waals surface area contributed by atoms with Gasteiger partial charge in [-0.05, 0) is 24.1 Å². The predicted octanol–water partition coefficient (Wildman–Crippen LogP) is 2.02. The van der Waals surface area contributed by atoms with E-state index in [4.69, 9.17) is 0 Å². The van der Waals surface area contributed by atoms with E-state index in [0.29, 0.717) is 38.2 Å². The number of amides is 1. The number of sulfonamides is 1. The van der Waals surface area contributed by atoms with Crippen LogP contribution in [-0.2, 0) is 16.4 Å². The summed E-state index contributed by atoms with van der Waals surface area (Å²) in [5.41, 5.74) is 1.66. The summed E-state index contributed by atoms with van der Waals surface area (Å²) >= 11 is 0. The van der Waals surface area contributed by atoms with Crippen LogP contribution in [0, 0.1) is 0 Å². The van der Waals surface area contributed by atoms with Gasteiger partial charge in [0.2, 0.25) is 10.0 Å². The molecule has 1 fully saturated rings. The zero-order valence-corrected chi connectivity index (χ0v) is 14.9. The van der Waals surface area contributed by atoms with Crippen molar-refractivity contribution in [3.63, 3.8) is 0 Å². The van der Waals surface area contributed by atoms with Crippen molar-refractivity contribution in [2.45, 2.75) is 6.42 Å². The predicted molar refractivity (Wildman–Crippen MR) is 97.9 cm³/mol. The summed E-state index contributed by atoms with van der Waals surface area (Å²) < 4.78 is 26.6. The zero-order chi connectivity index (χ0) is 17.7. The largest absolute Gasteiger partial charge is 0.336 e. The van der Waals surface area contributed by atoms with Crippen molar-refractivity contribution in [3.8, 4) is 0 Å². The van der Waals surface area contributed by atoms with Crippen molar-refractivity contribution in [1.29, 1.82) is 0 Å². The molecule has 6 heteroatoms. The molecule has 3 rings (SSSR count). The first-order valence-electron chi connectivity index (χ1n) is 8.42. The third-order valence-electron chi connectivity index (χ3n) is 4.43. The second kappa shape index (κ2) is 7.80. The quantitative estimate of drug-likeness (QED) is 0.822. The lowest BCUT2D eigenvalue weighted by Crippen LogP contribution is -2.51. The SMILES string of the molecule is O=C(c1ccccc1)N1CCN(S(=O)(=O)CCc2ccccc2)CC1. The molecule has 0 aromatic heterocycles. The summed E-state index contributed by atoms with van der Waals surface area (Å²) in [6.45, 7) is 1.57. The summed E-state index contributed by atoms with van der Waals surface area (Å²) in [6.07, 6.45) is 0.506. The van der Waals surface area contributed by atoms with Crippen molar-refractivity contribution in [2.24, 2.45) is 0 Å². The maximum Gasteiger partial charge on any atom is 0.253 e. The van der Waals surface area contributed by atoms with E-state index in [1.807, 2.05) is 48.5 Å². The Morgan fingerprint density at radius 2 is 1.40 bits per heavy atom. The van der Waals surface area contributed by atoms with Crippen LogP contribution in [0.25, 0.3) is 0 Å². The average molecular weight is 358 g/mol. The molecule has 5 nitrogen and oxygen atoms in total. The minimum atomic E-state index is -3.30. The van der Waals surface area contributed by atoms with Crippen LogP contribution in [0.4, 0.5) is 0 Å². The van der Waals surface area contributed by atoms with Crippen LogP contribution in [0.3, 0.4) is 0 Å². The van der Waals surface area contributed by atoms with Gasteiger partial charge in [0.05, 0.1) is 5.75 Å². The van der Waals surface area contributed by atoms with E-state index in [0.717, 1.165) is 5.56 Å². The Bertz CT molecular complexity index is 799. The van der Waals surface area contributed by atoms with Gasteiger partial charge in [0.1, 0.15) is 0 Å². The highest BCUT2D eigenvalue weighted by Crippen LogP contribution is 2.13. The van der Waals surface area contributed by atoms with Gasteiger partial charge >= 0.3 is 0 Å². The van der Waals surface area contributed by atoms with Crippen LogP contribution < -0.4 is 0 Å². The number of hydrogen-bond acceptors (Lipinski definition) is 3. The number of carbonyl (C=O) groups is 1. The van der Waals surface area contributed by atoms with E-state index in [2.05, 4.69) is 0 Å². The Morgan fingerprint density at radius 3 is 2.00 bits per heavy atom. The summed E-state index contributed by atoms with van der Waals surface area (Å²) in [4.78, 5) is 14.1. The fraction of sp³-hybridized carbons (Fsp3) is 0.316. The monoisotopic (exact) mass is 358 g/mol. The average Bonchev–Trinajstić information content (AvgIpc) is 2.67. The van der Waals surface area contributed by atoms with Crippen molar-refractivity contribution in [2.75, 3.05) is 31.9 Å². The fourth-order valence-corrected chi connectivity index (χ4v) is 4.42. The Balaban J connectivity index is 1.55. The van der Waals surface area contributed by atoms with Gasteiger partial charge in [0.25, 0.3) is 5.91 Å². The second-order valence-corrected chi connectivity index (χ2v) is 8.20. The molecule has 0 saturated carbocycles. The van der Waals surface area contributed by atoms with Crippen molar-refractivity contribution in [3.05, 3.63) is 71.8 Å². The Kier molecular flexibility index (Phi) is 5.50. The molecule has 25 heavy (non-hydrogen) atoms. The fourth-order valence-electron chi connectivity index (χ4n) is 2.95. The molecular formula is C19H22N2O3S. The number of rotatable bonds is 5. The highest BCUT2D eigenvalue weighted by atomic mass is 32.2. The molecule has 2 aromatic carbocycles. The lowest BCUT2D eigenvalue weighted by molar-refractivity contribution is 0.0698. The molecule has 0 aliphatic carbocycles. The molecule has 0 atom stereocenters. The molecule has 0 unspecified atom stereocenters. The van der Waals surface area contributed by atoms with Crippen molar-refractivity contribution in [1.82, 2.24) is 9.21 Å². The maximum atomic E-state index is 12.5. The van der Waals surface area contributed by atoms with Gasteiger partial charge in [-0.1, -0.05) is 48.5 Å². The molecule has 2 aromatic rings. The highest BCUT2D eigenvalue weighted by Gasteiger charge is 2.28. The summed E-state index contributed by atoms with van der Waals surface area (Å²) in [5, 5.41) is 0. The standard InChI is InChI=1S/C19H22N2O3S/c22-19(18-9-5-2-6-10-18)20-12-14-21(15-13-20)25(23,24)16-11-17-7-3-1-4-8-17/h1-10H,11-16H2. The van der Waals surface area contributed by atoms with Gasteiger partial charge in [-0.3, -0.25) is 4.79 Å². The molecule has 0 spiro atoms. The van der Waals surface area contributed by atoms with E-state index >= 15 is 0 Å². The van der Waals surface area contributed by atoms with Crippen LogP contribution >= 0.6 is 0 Å². The molecule has 0 bridgehead atoms. The molecular weight excluding hydrogens is 336 g/mol. The first kappa shape index (κ1) is 17.6. The topological polar surface area (TPSA) is 57.7 Å². The van der Waals surface area contributed by atoms with Gasteiger partial charge in [-0.2, -0.15) is 4.31 Å². The van der Waals surface area contributed by atoms with Crippen LogP contribution in [-0.4, -0.2) is 55.5 Å². The number of aryl methyl sites for hydroxylation is 1. The van der Waals surface area contributed by atoms with Gasteiger partial charge in [0, 0.05) is 31.7 Å². The van der Waals surface area contributed by atoms with Crippen molar-refractivity contribution < 1.29 is 13.2 Å². The second-order valence-electron chi connectivity index (χ2n) is 6.11. The molecule has 1 aliphatic heterocycles. The third-order valence-corrected chi connectivity index (χ3v) is 6.30. The van der Waals surface area contributed by atoms with Crippen LogP contribution in [0.2, 0.25) is 0 Å². The number of carbonyl (C=O) groups excluding carboxylic acids is 1. The maximum absolute atomic E-state index is 12.5. The Hall–Kier alpha value is -2.18. The van der Waals surface area contributed by atoms with Crippen LogP contribution in [0.1, 0.15) is 15.9 Å². The van der Waals surface area contributed by atoms with Gasteiger partial charge in [-0.25, -0.2) is 8.42 Å². The summed E-state index contributed by atoms with van der Waals surface area (Å²) in [7, 11) is -3.30. The van der Waals surface area contributed by atoms with Gasteiger partial charge in [-0.15, -0.1) is 0 Å². The van der Waals surface area contributed by atoms with Crippen LogP contribution in [0.15, 0.2) is 60.7 Å². The van der Waals surface area contributed by atoms with E-state index < -0.39 is 10.0 Å². The molecule has 1 heterocycles. The number of hydrogen-bond donors (Lipinski definition) is 0. The summed E-state index contributed by atoms with van der Waals surface area (Å²) in [6, 6.07) is 18.7. The molecule has 0 radical (unpaired) electrons. The minimum Gasteiger partial charge on any atom is -0.336 e. The molecule has 0 N–H and O–H groups in total. The van der Waals surface area contributed by atoms with Gasteiger partial charge < -0.3 is 4.90 Å². The third kappa shape index (κ3) is 4.46. The normalized spacial score (nSPS) is 15.9. The van der Waals surface area contributed by atoms with Gasteiger partial charge in [0.15, 0.2) is 0 Å². The molecule has 132 valence electrons. The lowest BCUT2D eigenvalue weighted by atomic mass is 10.2. The van der Waals surface area contributed by atoms with E-state index in [9.17, 15) is 13.2 Å². The first-order chi connectivity index (χ1) is 12.1.